The van der Waals surface area contributed by atoms with Crippen molar-refractivity contribution in [1.29, 1.82) is 0 Å². The van der Waals surface area contributed by atoms with Crippen LogP contribution < -0.4 is 5.32 Å². The summed E-state index contributed by atoms with van der Waals surface area (Å²) in [7, 11) is 0. The molecule has 0 aliphatic rings. The molecule has 0 rings (SSSR count). The molecule has 254 valence electrons. The first-order chi connectivity index (χ1) is 20.0. The van der Waals surface area contributed by atoms with Crippen LogP contribution in [-0.4, -0.2) is 46.2 Å². The molecule has 0 aromatic carbocycles. The quantitative estimate of drug-likeness (QED) is 0.0903. The molecule has 8 heteroatoms. The van der Waals surface area contributed by atoms with Crippen molar-refractivity contribution >= 4 is 23.8 Å². The highest BCUT2D eigenvalue weighted by atomic mass is 16.6. The third-order valence-electron chi connectivity index (χ3n) is 7.29. The molecule has 0 heterocycles. The highest BCUT2D eigenvalue weighted by Crippen LogP contribution is 2.26. The number of carboxylic acids is 1. The summed E-state index contributed by atoms with van der Waals surface area (Å²) in [5.74, 6) is -1.10. The van der Waals surface area contributed by atoms with Crippen molar-refractivity contribution in [3.05, 3.63) is 23.3 Å². The van der Waals surface area contributed by atoms with Crippen molar-refractivity contribution in [2.75, 3.05) is 0 Å². The number of hydrogen-bond donors (Lipinski definition) is 2. The van der Waals surface area contributed by atoms with E-state index in [0.717, 1.165) is 17.9 Å². The van der Waals surface area contributed by atoms with E-state index in [1.54, 1.807) is 54.5 Å². The lowest BCUT2D eigenvalue weighted by atomic mass is 9.84. The second kappa shape index (κ2) is 19.0. The molecule has 0 aliphatic carbocycles. The summed E-state index contributed by atoms with van der Waals surface area (Å²) < 4.78 is 10.8. The summed E-state index contributed by atoms with van der Waals surface area (Å²) in [5, 5.41) is 12.7. The zero-order chi connectivity index (χ0) is 34.4. The summed E-state index contributed by atoms with van der Waals surface area (Å²) >= 11 is 0. The summed E-state index contributed by atoms with van der Waals surface area (Å²) in [6, 6.07) is -0.857. The lowest BCUT2D eigenvalue weighted by Gasteiger charge is -2.25. The summed E-state index contributed by atoms with van der Waals surface area (Å²) in [6.07, 6.45) is 7.93. The van der Waals surface area contributed by atoms with Crippen LogP contribution in [0, 0.1) is 29.6 Å². The van der Waals surface area contributed by atoms with Crippen LogP contribution in [0.25, 0.3) is 0 Å². The van der Waals surface area contributed by atoms with E-state index in [1.165, 1.54) is 19.3 Å². The number of rotatable bonds is 18. The Hall–Kier alpha value is -2.64. The fourth-order valence-electron chi connectivity index (χ4n) is 5.52. The zero-order valence-corrected chi connectivity index (χ0v) is 30.0. The molecular weight excluding hydrogens is 558 g/mol. The number of hydrogen-bond acceptors (Lipinski definition) is 6. The number of ether oxygens (including phenoxy) is 2. The van der Waals surface area contributed by atoms with Gasteiger partial charge >= 0.3 is 17.9 Å². The average Bonchev–Trinajstić information content (AvgIpc) is 2.80. The monoisotopic (exact) mass is 621 g/mol. The van der Waals surface area contributed by atoms with Crippen LogP contribution in [0.4, 0.5) is 0 Å². The molecule has 0 saturated heterocycles. The van der Waals surface area contributed by atoms with Crippen LogP contribution in [0.5, 0.6) is 0 Å². The van der Waals surface area contributed by atoms with E-state index >= 15 is 0 Å². The Morgan fingerprint density at radius 2 is 1.20 bits per heavy atom. The lowest BCUT2D eigenvalue weighted by molar-refractivity contribution is -0.157. The Kier molecular flexibility index (Phi) is 17.9. The number of esters is 2. The van der Waals surface area contributed by atoms with Gasteiger partial charge in [-0.15, -0.1) is 0 Å². The van der Waals surface area contributed by atoms with E-state index in [4.69, 9.17) is 9.47 Å². The Morgan fingerprint density at radius 3 is 1.64 bits per heavy atom. The molecule has 4 unspecified atom stereocenters. The Balaban J connectivity index is 5.51. The molecular formula is C36H63NO7. The van der Waals surface area contributed by atoms with Crippen LogP contribution in [0.1, 0.15) is 135 Å². The van der Waals surface area contributed by atoms with Gasteiger partial charge in [0.25, 0.3) is 0 Å². The van der Waals surface area contributed by atoms with Crippen molar-refractivity contribution in [3.8, 4) is 0 Å². The van der Waals surface area contributed by atoms with Crippen LogP contribution in [0.15, 0.2) is 23.3 Å². The maximum Gasteiger partial charge on any atom is 0.331 e. The fraction of sp³-hybridized carbons (Fsp3) is 0.778. The molecule has 0 fully saturated rings. The summed E-state index contributed by atoms with van der Waals surface area (Å²) in [4.78, 5) is 50.3. The number of carbonyl (C=O) groups excluding carboxylic acids is 3. The van der Waals surface area contributed by atoms with E-state index in [9.17, 15) is 24.3 Å². The van der Waals surface area contributed by atoms with Gasteiger partial charge in [0.1, 0.15) is 11.2 Å². The highest BCUT2D eigenvalue weighted by molar-refractivity contribution is 5.89. The van der Waals surface area contributed by atoms with E-state index in [-0.39, 0.29) is 30.8 Å². The van der Waals surface area contributed by atoms with Crippen LogP contribution in [-0.2, 0) is 28.7 Å². The van der Waals surface area contributed by atoms with E-state index in [2.05, 4.69) is 46.0 Å². The van der Waals surface area contributed by atoms with Gasteiger partial charge in [0.15, 0.2) is 0 Å². The molecule has 0 radical (unpaired) electrons. The van der Waals surface area contributed by atoms with Crippen LogP contribution in [0.3, 0.4) is 0 Å². The minimum absolute atomic E-state index is 0.00411. The van der Waals surface area contributed by atoms with Gasteiger partial charge in [0, 0.05) is 17.5 Å². The molecule has 0 saturated carbocycles. The number of amides is 1. The predicted octanol–water partition coefficient (Wildman–Crippen LogP) is 8.04. The van der Waals surface area contributed by atoms with Gasteiger partial charge in [0.05, 0.1) is 12.8 Å². The molecule has 0 aliphatic heterocycles. The predicted molar refractivity (Wildman–Crippen MR) is 177 cm³/mol. The average molecular weight is 622 g/mol. The van der Waals surface area contributed by atoms with Gasteiger partial charge in [0.2, 0.25) is 5.91 Å². The van der Waals surface area contributed by atoms with Gasteiger partial charge in [-0.05, 0) is 104 Å². The molecule has 8 nitrogen and oxygen atoms in total. The second-order valence-electron chi connectivity index (χ2n) is 15.2. The first-order valence-electron chi connectivity index (χ1n) is 16.4. The third-order valence-corrected chi connectivity index (χ3v) is 7.29. The number of aliphatic carboxylic acids is 1. The molecule has 1 amide bonds. The molecule has 0 bridgehead atoms. The molecule has 0 aromatic heterocycles. The van der Waals surface area contributed by atoms with E-state index < -0.39 is 47.0 Å². The molecule has 44 heavy (non-hydrogen) atoms. The SMILES string of the molecule is CCC(C)CC(C)CC(C)CC(C)/C=C(C)/C=C(/C[C@H](C)C(=O)NC(CC(=O)OC(C)(C)C)CC(=O)OC(C)(C)C)C(=O)O. The van der Waals surface area contributed by atoms with Gasteiger partial charge in [-0.1, -0.05) is 59.6 Å². The van der Waals surface area contributed by atoms with E-state index in [1.807, 2.05) is 6.92 Å². The highest BCUT2D eigenvalue weighted by Gasteiger charge is 2.28. The molecule has 2 N–H and O–H groups in total. The minimum Gasteiger partial charge on any atom is -0.478 e. The smallest absolute Gasteiger partial charge is 0.331 e. The largest absolute Gasteiger partial charge is 0.478 e. The van der Waals surface area contributed by atoms with Crippen molar-refractivity contribution in [2.45, 2.75) is 152 Å². The van der Waals surface area contributed by atoms with Crippen molar-refractivity contribution in [1.82, 2.24) is 5.32 Å². The van der Waals surface area contributed by atoms with Crippen molar-refractivity contribution in [3.63, 3.8) is 0 Å². The number of carbonyl (C=O) groups is 4. The third kappa shape index (κ3) is 20.3. The van der Waals surface area contributed by atoms with Crippen LogP contribution >= 0.6 is 0 Å². The van der Waals surface area contributed by atoms with Gasteiger partial charge in [-0.2, -0.15) is 0 Å². The Morgan fingerprint density at radius 1 is 0.750 bits per heavy atom. The van der Waals surface area contributed by atoms with Crippen molar-refractivity contribution in [2.24, 2.45) is 29.6 Å². The van der Waals surface area contributed by atoms with Gasteiger partial charge in [-0.25, -0.2) is 4.79 Å². The van der Waals surface area contributed by atoms with Gasteiger partial charge < -0.3 is 19.9 Å². The summed E-state index contributed by atoms with van der Waals surface area (Å²) in [5.41, 5.74) is -0.480. The van der Waals surface area contributed by atoms with Crippen molar-refractivity contribution < 1.29 is 33.8 Å². The van der Waals surface area contributed by atoms with Gasteiger partial charge in [-0.3, -0.25) is 14.4 Å². The van der Waals surface area contributed by atoms with E-state index in [0.29, 0.717) is 11.8 Å². The maximum absolute atomic E-state index is 13.2. The second-order valence-corrected chi connectivity index (χ2v) is 15.2. The normalized spacial score (nSPS) is 16.5. The lowest BCUT2D eigenvalue weighted by Crippen LogP contribution is -2.42. The number of allylic oxidation sites excluding steroid dienone is 3. The summed E-state index contributed by atoms with van der Waals surface area (Å²) in [6.45, 7) is 25.2. The zero-order valence-electron chi connectivity index (χ0n) is 30.0. The Labute approximate surface area is 267 Å². The molecule has 0 aromatic rings. The van der Waals surface area contributed by atoms with Crippen LogP contribution in [0.2, 0.25) is 0 Å². The fourth-order valence-corrected chi connectivity index (χ4v) is 5.52. The first-order valence-corrected chi connectivity index (χ1v) is 16.4. The Bertz CT molecular complexity index is 969. The maximum atomic E-state index is 13.2. The number of carboxylic acid groups (broad SMARTS) is 1. The minimum atomic E-state index is -1.09. The topological polar surface area (TPSA) is 119 Å². The standard InChI is InChI=1S/C36H63NO7/c1-14-23(2)15-24(3)16-25(4)17-26(5)18-27(6)19-29(34(41)42)20-28(7)33(40)37-30(21-31(38)43-35(8,9)10)22-32(39)44-36(11,12)13/h18-19,23-26,28,30H,14-17,20-22H2,1-13H3,(H,37,40)(H,41,42)/b27-18+,29-19-/t23?,24?,25?,26?,28-/m0/s1. The number of nitrogens with one attached hydrogen (secondary N) is 1. The first kappa shape index (κ1) is 41.4. The molecule has 0 spiro atoms. The molecule has 5 atom stereocenters.